The summed E-state index contributed by atoms with van der Waals surface area (Å²) in [6, 6.07) is 0.249. The van der Waals surface area contributed by atoms with Crippen LogP contribution in [0.2, 0.25) is 0 Å². The van der Waals surface area contributed by atoms with E-state index in [9.17, 15) is 4.79 Å². The van der Waals surface area contributed by atoms with Gasteiger partial charge in [-0.3, -0.25) is 9.69 Å². The van der Waals surface area contributed by atoms with Crippen LogP contribution < -0.4 is 0 Å². The molecule has 0 saturated heterocycles. The molecule has 0 aromatic carbocycles. The lowest BCUT2D eigenvalue weighted by Gasteiger charge is -2.35. The third-order valence-corrected chi connectivity index (χ3v) is 3.01. The molecule has 0 unspecified atom stereocenters. The van der Waals surface area contributed by atoms with E-state index in [4.69, 9.17) is 5.11 Å². The number of carbonyl (C=O) groups is 1. The SMILES string of the molecule is CC(C)n1ncnc1CN(CCC(=O)O)C(C)(C)C. The zero-order valence-corrected chi connectivity index (χ0v) is 12.4. The quantitative estimate of drug-likeness (QED) is 0.853. The molecule has 1 aromatic rings. The van der Waals surface area contributed by atoms with Crippen molar-refractivity contribution in [2.45, 2.75) is 59.2 Å². The van der Waals surface area contributed by atoms with E-state index in [0.29, 0.717) is 13.1 Å². The molecule has 0 spiro atoms. The number of nitrogens with zero attached hydrogens (tertiary/aromatic N) is 4. The predicted octanol–water partition coefficient (Wildman–Crippen LogP) is 1.93. The van der Waals surface area contributed by atoms with Gasteiger partial charge in [0.05, 0.1) is 13.0 Å². The average molecular weight is 268 g/mol. The van der Waals surface area contributed by atoms with Crippen molar-refractivity contribution in [1.82, 2.24) is 19.7 Å². The van der Waals surface area contributed by atoms with Crippen molar-refractivity contribution < 1.29 is 9.90 Å². The molecule has 0 aliphatic carbocycles. The van der Waals surface area contributed by atoms with Crippen molar-refractivity contribution in [3.05, 3.63) is 12.2 Å². The highest BCUT2D eigenvalue weighted by Crippen LogP contribution is 2.18. The number of hydrogen-bond acceptors (Lipinski definition) is 4. The van der Waals surface area contributed by atoms with Crippen LogP contribution in [0.15, 0.2) is 6.33 Å². The molecule has 0 fully saturated rings. The maximum absolute atomic E-state index is 10.7. The monoisotopic (exact) mass is 268 g/mol. The zero-order chi connectivity index (χ0) is 14.6. The average Bonchev–Trinajstić information content (AvgIpc) is 2.70. The molecule has 6 heteroatoms. The lowest BCUT2D eigenvalue weighted by molar-refractivity contribution is -0.137. The Bertz CT molecular complexity index is 421. The fourth-order valence-electron chi connectivity index (χ4n) is 1.87. The van der Waals surface area contributed by atoms with Crippen LogP contribution in [0.4, 0.5) is 0 Å². The Kier molecular flexibility index (Phi) is 5.05. The maximum Gasteiger partial charge on any atom is 0.304 e. The normalized spacial score (nSPS) is 12.4. The largest absolute Gasteiger partial charge is 0.481 e. The molecule has 0 bridgehead atoms. The Morgan fingerprint density at radius 1 is 1.47 bits per heavy atom. The van der Waals surface area contributed by atoms with Gasteiger partial charge in [0, 0.05) is 18.1 Å². The van der Waals surface area contributed by atoms with Crippen LogP contribution in [-0.2, 0) is 11.3 Å². The molecule has 1 aromatic heterocycles. The second-order valence-electron chi connectivity index (χ2n) is 5.95. The fraction of sp³-hybridized carbons (Fsp3) is 0.769. The van der Waals surface area contributed by atoms with E-state index in [1.54, 1.807) is 6.33 Å². The standard InChI is InChI=1S/C13H24N4O2/c1-10(2)17-11(14-9-15-17)8-16(13(3,4)5)7-6-12(18)19/h9-10H,6-8H2,1-5H3,(H,18,19). The number of carboxylic acids is 1. The molecular weight excluding hydrogens is 244 g/mol. The van der Waals surface area contributed by atoms with Crippen LogP contribution >= 0.6 is 0 Å². The Morgan fingerprint density at radius 3 is 2.58 bits per heavy atom. The van der Waals surface area contributed by atoms with Crippen molar-refractivity contribution in [3.63, 3.8) is 0 Å². The van der Waals surface area contributed by atoms with E-state index >= 15 is 0 Å². The third kappa shape index (κ3) is 4.63. The van der Waals surface area contributed by atoms with Crippen LogP contribution in [0.25, 0.3) is 0 Å². The Hall–Kier alpha value is -1.43. The molecule has 1 heterocycles. The summed E-state index contributed by atoms with van der Waals surface area (Å²) < 4.78 is 1.87. The van der Waals surface area contributed by atoms with Crippen molar-refractivity contribution in [2.24, 2.45) is 0 Å². The summed E-state index contributed by atoms with van der Waals surface area (Å²) in [5, 5.41) is 13.0. The second-order valence-corrected chi connectivity index (χ2v) is 5.95. The van der Waals surface area contributed by atoms with Crippen molar-refractivity contribution in [2.75, 3.05) is 6.54 Å². The van der Waals surface area contributed by atoms with E-state index in [1.165, 1.54) is 0 Å². The minimum absolute atomic E-state index is 0.108. The summed E-state index contributed by atoms with van der Waals surface area (Å²) in [7, 11) is 0. The van der Waals surface area contributed by atoms with Gasteiger partial charge in [0.25, 0.3) is 0 Å². The topological polar surface area (TPSA) is 71.2 Å². The van der Waals surface area contributed by atoms with Crippen LogP contribution in [0.3, 0.4) is 0 Å². The molecule has 0 saturated carbocycles. The summed E-state index contributed by atoms with van der Waals surface area (Å²) in [5.41, 5.74) is -0.108. The van der Waals surface area contributed by atoms with Gasteiger partial charge in [0.2, 0.25) is 0 Å². The van der Waals surface area contributed by atoms with E-state index in [0.717, 1.165) is 5.82 Å². The third-order valence-electron chi connectivity index (χ3n) is 3.01. The van der Waals surface area contributed by atoms with Gasteiger partial charge >= 0.3 is 5.97 Å². The summed E-state index contributed by atoms with van der Waals surface area (Å²) in [6.07, 6.45) is 1.68. The molecule has 108 valence electrons. The number of aliphatic carboxylic acids is 1. The maximum atomic E-state index is 10.7. The van der Waals surface area contributed by atoms with Gasteiger partial charge < -0.3 is 5.11 Å². The number of carboxylic acid groups (broad SMARTS) is 1. The molecule has 1 N–H and O–H groups in total. The van der Waals surface area contributed by atoms with E-state index in [2.05, 4.69) is 49.6 Å². The van der Waals surface area contributed by atoms with Crippen LogP contribution in [0, 0.1) is 0 Å². The second kappa shape index (κ2) is 6.14. The first-order chi connectivity index (χ1) is 8.71. The van der Waals surface area contributed by atoms with E-state index < -0.39 is 5.97 Å². The minimum Gasteiger partial charge on any atom is -0.481 e. The van der Waals surface area contributed by atoms with Crippen molar-refractivity contribution in [3.8, 4) is 0 Å². The molecular formula is C13H24N4O2. The van der Waals surface area contributed by atoms with Crippen molar-refractivity contribution >= 4 is 5.97 Å². The van der Waals surface area contributed by atoms with Gasteiger partial charge in [-0.15, -0.1) is 0 Å². The first-order valence-electron chi connectivity index (χ1n) is 6.57. The molecule has 0 atom stereocenters. The molecule has 0 aliphatic heterocycles. The first kappa shape index (κ1) is 15.6. The minimum atomic E-state index is -0.778. The van der Waals surface area contributed by atoms with Gasteiger partial charge in [-0.1, -0.05) is 0 Å². The van der Waals surface area contributed by atoms with Crippen LogP contribution in [-0.4, -0.2) is 42.8 Å². The Balaban J connectivity index is 2.82. The predicted molar refractivity (Wildman–Crippen MR) is 72.8 cm³/mol. The van der Waals surface area contributed by atoms with E-state index in [1.807, 2.05) is 4.68 Å². The van der Waals surface area contributed by atoms with Crippen LogP contribution in [0.1, 0.15) is 52.9 Å². The smallest absolute Gasteiger partial charge is 0.304 e. The van der Waals surface area contributed by atoms with Crippen molar-refractivity contribution in [1.29, 1.82) is 0 Å². The van der Waals surface area contributed by atoms with Crippen LogP contribution in [0.5, 0.6) is 0 Å². The number of aromatic nitrogens is 3. The van der Waals surface area contributed by atoms with E-state index in [-0.39, 0.29) is 18.0 Å². The van der Waals surface area contributed by atoms with Gasteiger partial charge in [-0.2, -0.15) is 5.10 Å². The first-order valence-corrected chi connectivity index (χ1v) is 6.57. The lowest BCUT2D eigenvalue weighted by atomic mass is 10.1. The summed E-state index contributed by atoms with van der Waals surface area (Å²) in [5.74, 6) is 0.0925. The lowest BCUT2D eigenvalue weighted by Crippen LogP contribution is -2.42. The van der Waals surface area contributed by atoms with Gasteiger partial charge in [0.15, 0.2) is 0 Å². The summed E-state index contributed by atoms with van der Waals surface area (Å²) in [4.78, 5) is 17.1. The summed E-state index contributed by atoms with van der Waals surface area (Å²) >= 11 is 0. The summed E-state index contributed by atoms with van der Waals surface area (Å²) in [6.45, 7) is 11.4. The fourth-order valence-corrected chi connectivity index (χ4v) is 1.87. The van der Waals surface area contributed by atoms with Gasteiger partial charge in [0.1, 0.15) is 12.2 Å². The molecule has 1 rings (SSSR count). The highest BCUT2D eigenvalue weighted by Gasteiger charge is 2.24. The van der Waals surface area contributed by atoms with Gasteiger partial charge in [-0.05, 0) is 34.6 Å². The molecule has 6 nitrogen and oxygen atoms in total. The molecule has 0 aliphatic rings. The zero-order valence-electron chi connectivity index (χ0n) is 12.4. The Morgan fingerprint density at radius 2 is 2.11 bits per heavy atom. The molecule has 0 amide bonds. The number of hydrogen-bond donors (Lipinski definition) is 1. The molecule has 0 radical (unpaired) electrons. The highest BCUT2D eigenvalue weighted by atomic mass is 16.4. The molecule has 19 heavy (non-hydrogen) atoms. The highest BCUT2D eigenvalue weighted by molar-refractivity contribution is 5.66. The van der Waals surface area contributed by atoms with Gasteiger partial charge in [-0.25, -0.2) is 9.67 Å². The Labute approximate surface area is 114 Å². The number of rotatable bonds is 6.